The van der Waals surface area contributed by atoms with Gasteiger partial charge < -0.3 is 15.6 Å². The van der Waals surface area contributed by atoms with Crippen LogP contribution in [0.15, 0.2) is 84.9 Å². The van der Waals surface area contributed by atoms with Crippen LogP contribution < -0.4 is 11.1 Å². The summed E-state index contributed by atoms with van der Waals surface area (Å²) in [5.74, 6) is -0.499. The number of rotatable bonds is 6. The van der Waals surface area contributed by atoms with Crippen LogP contribution in [0.5, 0.6) is 0 Å². The molecule has 0 atom stereocenters. The molecule has 1 heterocycles. The second-order valence-electron chi connectivity index (χ2n) is 6.93. The Labute approximate surface area is 168 Å². The lowest BCUT2D eigenvalue weighted by atomic mass is 10.1. The van der Waals surface area contributed by atoms with E-state index in [0.29, 0.717) is 5.69 Å². The molecule has 3 aromatic carbocycles. The van der Waals surface area contributed by atoms with Crippen LogP contribution in [0.2, 0.25) is 0 Å². The molecule has 3 N–H and O–H groups in total. The molecular formula is C24H21N3O2. The third kappa shape index (κ3) is 4.19. The number of nitrogens with zero attached hydrogens (tertiary/aromatic N) is 1. The van der Waals surface area contributed by atoms with Crippen LogP contribution in [-0.4, -0.2) is 16.4 Å². The molecule has 4 aromatic rings. The number of aromatic nitrogens is 1. The van der Waals surface area contributed by atoms with Crippen molar-refractivity contribution in [1.82, 2.24) is 4.57 Å². The Morgan fingerprint density at radius 1 is 0.862 bits per heavy atom. The van der Waals surface area contributed by atoms with Gasteiger partial charge in [0.25, 0.3) is 0 Å². The number of hydrogen-bond donors (Lipinski definition) is 2. The first kappa shape index (κ1) is 18.5. The number of carbonyl (C=O) groups excluding carboxylic acids is 2. The highest BCUT2D eigenvalue weighted by molar-refractivity contribution is 5.94. The van der Waals surface area contributed by atoms with Crippen molar-refractivity contribution in [2.45, 2.75) is 13.0 Å². The average Bonchev–Trinajstić information content (AvgIpc) is 3.08. The number of nitrogens with two attached hydrogens (primary N) is 1. The molecule has 4 rings (SSSR count). The fraction of sp³-hybridized carbons (Fsp3) is 0.0833. The number of fused-ring (bicyclic) bond motifs is 1. The summed E-state index contributed by atoms with van der Waals surface area (Å²) in [6, 6.07) is 27.3. The van der Waals surface area contributed by atoms with Gasteiger partial charge in [-0.05, 0) is 35.4 Å². The number of nitrogens with one attached hydrogen (secondary N) is 1. The number of amides is 2. The second-order valence-corrected chi connectivity index (χ2v) is 6.93. The van der Waals surface area contributed by atoms with E-state index in [1.165, 1.54) is 0 Å². The first-order chi connectivity index (χ1) is 14.1. The van der Waals surface area contributed by atoms with Gasteiger partial charge in [0, 0.05) is 22.3 Å². The number of anilines is 1. The van der Waals surface area contributed by atoms with Gasteiger partial charge in [0.05, 0.1) is 6.42 Å². The molecule has 0 saturated heterocycles. The SMILES string of the molecule is NC(=O)Cc1ccc(NC(=O)Cn2c(-c3ccccc3)cc3ccccc32)cc1. The molecule has 0 bridgehead atoms. The van der Waals surface area contributed by atoms with Gasteiger partial charge in [-0.3, -0.25) is 9.59 Å². The summed E-state index contributed by atoms with van der Waals surface area (Å²) < 4.78 is 2.03. The minimum Gasteiger partial charge on any atom is -0.369 e. The smallest absolute Gasteiger partial charge is 0.244 e. The van der Waals surface area contributed by atoms with Crippen molar-refractivity contribution >= 4 is 28.4 Å². The van der Waals surface area contributed by atoms with E-state index in [2.05, 4.69) is 11.4 Å². The third-order valence-electron chi connectivity index (χ3n) is 4.80. The molecule has 0 radical (unpaired) electrons. The molecule has 0 spiro atoms. The molecule has 0 unspecified atom stereocenters. The van der Waals surface area contributed by atoms with E-state index in [1.807, 2.05) is 59.2 Å². The summed E-state index contributed by atoms with van der Waals surface area (Å²) in [5, 5.41) is 4.02. The zero-order valence-corrected chi connectivity index (χ0v) is 15.8. The van der Waals surface area contributed by atoms with Crippen LogP contribution in [0.3, 0.4) is 0 Å². The fourth-order valence-corrected chi connectivity index (χ4v) is 3.48. The predicted octanol–water partition coefficient (Wildman–Crippen LogP) is 3.97. The zero-order chi connectivity index (χ0) is 20.2. The molecule has 1 aromatic heterocycles. The standard InChI is InChI=1S/C24H21N3O2/c25-23(28)14-17-10-12-20(13-11-17)26-24(29)16-27-21-9-5-4-8-19(21)15-22(27)18-6-2-1-3-7-18/h1-13,15H,14,16H2,(H2,25,28)(H,26,29). The summed E-state index contributed by atoms with van der Waals surface area (Å²) in [6.07, 6.45) is 0.185. The van der Waals surface area contributed by atoms with Crippen LogP contribution in [0.1, 0.15) is 5.56 Å². The topological polar surface area (TPSA) is 77.1 Å². The molecule has 144 valence electrons. The quantitative estimate of drug-likeness (QED) is 0.528. The Balaban J connectivity index is 1.58. The van der Waals surface area contributed by atoms with Gasteiger partial charge in [-0.2, -0.15) is 0 Å². The molecule has 0 aliphatic rings. The minimum atomic E-state index is -0.380. The van der Waals surface area contributed by atoms with Gasteiger partial charge in [0.1, 0.15) is 6.54 Å². The van der Waals surface area contributed by atoms with Gasteiger partial charge in [0.15, 0.2) is 0 Å². The Morgan fingerprint density at radius 2 is 1.55 bits per heavy atom. The van der Waals surface area contributed by atoms with Gasteiger partial charge in [0.2, 0.25) is 11.8 Å². The van der Waals surface area contributed by atoms with Crippen LogP contribution >= 0.6 is 0 Å². The Kier molecular flexibility index (Phi) is 5.12. The monoisotopic (exact) mass is 383 g/mol. The Hall–Kier alpha value is -3.86. The van der Waals surface area contributed by atoms with Crippen LogP contribution in [-0.2, 0) is 22.6 Å². The fourth-order valence-electron chi connectivity index (χ4n) is 3.48. The minimum absolute atomic E-state index is 0.119. The number of para-hydroxylation sites is 1. The lowest BCUT2D eigenvalue weighted by Crippen LogP contribution is -2.19. The van der Waals surface area contributed by atoms with Crippen LogP contribution in [0, 0.1) is 0 Å². The van der Waals surface area contributed by atoms with Crippen molar-refractivity contribution in [2.75, 3.05) is 5.32 Å². The van der Waals surface area contributed by atoms with E-state index < -0.39 is 0 Å². The predicted molar refractivity (Wildman–Crippen MR) is 115 cm³/mol. The van der Waals surface area contributed by atoms with Crippen molar-refractivity contribution in [3.8, 4) is 11.3 Å². The van der Waals surface area contributed by atoms with E-state index in [4.69, 9.17) is 5.73 Å². The van der Waals surface area contributed by atoms with E-state index >= 15 is 0 Å². The maximum atomic E-state index is 12.8. The third-order valence-corrected chi connectivity index (χ3v) is 4.80. The highest BCUT2D eigenvalue weighted by atomic mass is 16.2. The lowest BCUT2D eigenvalue weighted by Gasteiger charge is -2.12. The number of carbonyl (C=O) groups is 2. The van der Waals surface area contributed by atoms with Crippen molar-refractivity contribution in [2.24, 2.45) is 5.73 Å². The second kappa shape index (κ2) is 8.02. The molecule has 5 nitrogen and oxygen atoms in total. The number of benzene rings is 3. The van der Waals surface area contributed by atoms with E-state index in [9.17, 15) is 9.59 Å². The molecular weight excluding hydrogens is 362 g/mol. The first-order valence-electron chi connectivity index (χ1n) is 9.41. The number of hydrogen-bond acceptors (Lipinski definition) is 2. The van der Waals surface area contributed by atoms with Crippen molar-refractivity contribution < 1.29 is 9.59 Å². The average molecular weight is 383 g/mol. The number of primary amides is 1. The van der Waals surface area contributed by atoms with Gasteiger partial charge in [-0.25, -0.2) is 0 Å². The summed E-state index contributed by atoms with van der Waals surface area (Å²) in [7, 11) is 0. The normalized spacial score (nSPS) is 10.8. The lowest BCUT2D eigenvalue weighted by molar-refractivity contribution is -0.118. The Bertz CT molecular complexity index is 1160. The van der Waals surface area contributed by atoms with Crippen molar-refractivity contribution in [3.63, 3.8) is 0 Å². The largest absolute Gasteiger partial charge is 0.369 e. The molecule has 5 heteroatoms. The summed E-state index contributed by atoms with van der Waals surface area (Å²) in [4.78, 5) is 23.8. The molecule has 0 aliphatic heterocycles. The van der Waals surface area contributed by atoms with E-state index in [-0.39, 0.29) is 24.8 Å². The Morgan fingerprint density at radius 3 is 2.28 bits per heavy atom. The summed E-state index contributed by atoms with van der Waals surface area (Å²) in [6.45, 7) is 0.195. The molecule has 0 fully saturated rings. The molecule has 2 amide bonds. The van der Waals surface area contributed by atoms with Gasteiger partial charge in [-0.1, -0.05) is 60.7 Å². The maximum Gasteiger partial charge on any atom is 0.244 e. The summed E-state index contributed by atoms with van der Waals surface area (Å²) in [5.41, 5.74) is 9.79. The summed E-state index contributed by atoms with van der Waals surface area (Å²) >= 11 is 0. The van der Waals surface area contributed by atoms with E-state index in [1.54, 1.807) is 24.3 Å². The molecule has 29 heavy (non-hydrogen) atoms. The van der Waals surface area contributed by atoms with Crippen molar-refractivity contribution in [1.29, 1.82) is 0 Å². The van der Waals surface area contributed by atoms with Gasteiger partial charge in [-0.15, -0.1) is 0 Å². The zero-order valence-electron chi connectivity index (χ0n) is 15.8. The van der Waals surface area contributed by atoms with Crippen LogP contribution in [0.4, 0.5) is 5.69 Å². The molecule has 0 aliphatic carbocycles. The van der Waals surface area contributed by atoms with Gasteiger partial charge >= 0.3 is 0 Å². The highest BCUT2D eigenvalue weighted by Gasteiger charge is 2.13. The molecule has 0 saturated carbocycles. The van der Waals surface area contributed by atoms with Crippen molar-refractivity contribution in [3.05, 3.63) is 90.5 Å². The maximum absolute atomic E-state index is 12.8. The van der Waals surface area contributed by atoms with Crippen LogP contribution in [0.25, 0.3) is 22.2 Å². The van der Waals surface area contributed by atoms with E-state index in [0.717, 1.165) is 27.7 Å². The first-order valence-corrected chi connectivity index (χ1v) is 9.41. The highest BCUT2D eigenvalue weighted by Crippen LogP contribution is 2.28.